The Hall–Kier alpha value is -2.78. The van der Waals surface area contributed by atoms with Crippen molar-refractivity contribution in [3.05, 3.63) is 70.9 Å². The monoisotopic (exact) mass is 551 g/mol. The van der Waals surface area contributed by atoms with Crippen LogP contribution in [-0.4, -0.2) is 82.9 Å². The molecule has 1 aromatic heterocycles. The molecule has 2 aromatic rings. The first-order valence-corrected chi connectivity index (χ1v) is 15.7. The average molecular weight is 552 g/mol. The lowest BCUT2D eigenvalue weighted by atomic mass is 9.78. The zero-order valence-electron chi connectivity index (χ0n) is 23.6. The van der Waals surface area contributed by atoms with Crippen molar-refractivity contribution in [1.82, 2.24) is 24.1 Å². The molecule has 2 unspecified atom stereocenters. The summed E-state index contributed by atoms with van der Waals surface area (Å²) in [5.74, 6) is 1.27. The summed E-state index contributed by atoms with van der Waals surface area (Å²) in [7, 11) is -3.20. The number of fused-ring (bicyclic) bond motifs is 1. The molecule has 2 fully saturated rings. The largest absolute Gasteiger partial charge is 0.377 e. The van der Waals surface area contributed by atoms with Crippen LogP contribution in [0, 0.1) is 25.7 Å². The summed E-state index contributed by atoms with van der Waals surface area (Å²) in [5, 5.41) is -0.373. The number of piperidine rings is 1. The number of aromatic nitrogens is 2. The smallest absolute Gasteiger partial charge is 0.257 e. The number of sulfonamides is 1. The lowest BCUT2D eigenvalue weighted by Gasteiger charge is -2.37. The van der Waals surface area contributed by atoms with Crippen LogP contribution in [0.4, 0.5) is 0 Å². The fourth-order valence-electron chi connectivity index (χ4n) is 6.57. The molecule has 8 nitrogen and oxygen atoms in total. The van der Waals surface area contributed by atoms with Crippen LogP contribution in [0.3, 0.4) is 0 Å². The second-order valence-corrected chi connectivity index (χ2v) is 14.1. The van der Waals surface area contributed by atoms with Gasteiger partial charge in [-0.3, -0.25) is 4.79 Å². The van der Waals surface area contributed by atoms with Gasteiger partial charge in [-0.2, -0.15) is 0 Å². The minimum Gasteiger partial charge on any atom is -0.377 e. The predicted molar refractivity (Wildman–Crippen MR) is 153 cm³/mol. The third-order valence-corrected chi connectivity index (χ3v) is 11.1. The lowest BCUT2D eigenvalue weighted by Crippen LogP contribution is -2.43. The van der Waals surface area contributed by atoms with Crippen molar-refractivity contribution < 1.29 is 13.2 Å². The van der Waals surface area contributed by atoms with Gasteiger partial charge in [-0.1, -0.05) is 30.3 Å². The molecule has 0 spiro atoms. The van der Waals surface area contributed by atoms with E-state index < -0.39 is 10.0 Å². The number of benzene rings is 1. The van der Waals surface area contributed by atoms with Gasteiger partial charge in [-0.05, 0) is 69.9 Å². The van der Waals surface area contributed by atoms with Crippen molar-refractivity contribution in [2.24, 2.45) is 11.8 Å². The van der Waals surface area contributed by atoms with E-state index >= 15 is 0 Å². The highest BCUT2D eigenvalue weighted by Crippen LogP contribution is 2.38. The van der Waals surface area contributed by atoms with Gasteiger partial charge in [-0.15, -0.1) is 0 Å². The number of rotatable bonds is 8. The number of carbonyl (C=O) groups is 1. The van der Waals surface area contributed by atoms with Crippen LogP contribution in [0.25, 0.3) is 0 Å². The van der Waals surface area contributed by atoms with E-state index in [1.165, 1.54) is 17.5 Å². The molecule has 1 aromatic carbocycles. The minimum absolute atomic E-state index is 0.0300. The highest BCUT2D eigenvalue weighted by Gasteiger charge is 2.38. The van der Waals surface area contributed by atoms with E-state index in [2.05, 4.69) is 51.4 Å². The van der Waals surface area contributed by atoms with Crippen molar-refractivity contribution in [3.63, 3.8) is 0 Å². The molecule has 1 amide bonds. The van der Waals surface area contributed by atoms with Crippen LogP contribution < -0.4 is 0 Å². The first-order valence-electron chi connectivity index (χ1n) is 14.2. The van der Waals surface area contributed by atoms with Crippen molar-refractivity contribution in [3.8, 4) is 0 Å². The van der Waals surface area contributed by atoms with Crippen LogP contribution in [0.2, 0.25) is 0 Å². The Morgan fingerprint density at radius 3 is 2.31 bits per heavy atom. The summed E-state index contributed by atoms with van der Waals surface area (Å²) >= 11 is 0. The average Bonchev–Trinajstić information content (AvgIpc) is 3.49. The molecule has 0 saturated carbocycles. The van der Waals surface area contributed by atoms with Crippen LogP contribution in [0.15, 0.2) is 48.4 Å². The maximum absolute atomic E-state index is 13.2. The number of carbonyl (C=O) groups excluding carboxylic acids is 1. The second-order valence-electron chi connectivity index (χ2n) is 11.6. The highest BCUT2D eigenvalue weighted by atomic mass is 32.2. The Labute approximate surface area is 233 Å². The standard InChI is InChI=1S/C30H41N5O3S/c1-21(2)39(37,38)35-14-10-25(11-15-35)28(24-8-6-5-7-9-24)12-13-33-16-26-18-34(19-27(26)17-33)30(36)29-22(3)31-20-32-23(29)4/h5-9,16,20-21,25,27-28H,10-15,17-19H2,1-4H3. The Morgan fingerprint density at radius 1 is 1.03 bits per heavy atom. The molecule has 210 valence electrons. The third-order valence-electron chi connectivity index (χ3n) is 8.85. The summed E-state index contributed by atoms with van der Waals surface area (Å²) in [6.45, 7) is 11.8. The van der Waals surface area contributed by atoms with Crippen LogP contribution in [0.5, 0.6) is 0 Å². The number of aryl methyl sites for hydroxylation is 2. The zero-order valence-corrected chi connectivity index (χ0v) is 24.4. The number of hydrogen-bond donors (Lipinski definition) is 0. The first-order chi connectivity index (χ1) is 18.6. The number of hydrogen-bond acceptors (Lipinski definition) is 6. The Bertz CT molecular complexity index is 1300. The predicted octanol–water partition coefficient (Wildman–Crippen LogP) is 3.99. The fraction of sp³-hybridized carbons (Fsp3) is 0.567. The Morgan fingerprint density at radius 2 is 1.69 bits per heavy atom. The SMILES string of the molecule is Cc1ncnc(C)c1C(=O)N1CC2=CN(CCC(c3ccccc3)C3CCN(S(=O)(=O)C(C)C)CC3)CC2C1. The van der Waals surface area contributed by atoms with Crippen LogP contribution in [-0.2, 0) is 10.0 Å². The van der Waals surface area contributed by atoms with Crippen molar-refractivity contribution in [2.75, 3.05) is 39.3 Å². The quantitative estimate of drug-likeness (QED) is 0.493. The summed E-state index contributed by atoms with van der Waals surface area (Å²) in [5.41, 5.74) is 4.79. The van der Waals surface area contributed by atoms with Gasteiger partial charge >= 0.3 is 0 Å². The number of likely N-dealkylation sites (tertiary alicyclic amines) is 1. The van der Waals surface area contributed by atoms with Gasteiger partial charge in [-0.25, -0.2) is 22.7 Å². The first kappa shape index (κ1) is 27.8. The highest BCUT2D eigenvalue weighted by molar-refractivity contribution is 7.89. The van der Waals surface area contributed by atoms with E-state index in [1.54, 1.807) is 18.2 Å². The van der Waals surface area contributed by atoms with E-state index in [0.29, 0.717) is 43.0 Å². The molecule has 3 aliphatic heterocycles. The molecule has 5 rings (SSSR count). The molecule has 0 radical (unpaired) electrons. The van der Waals surface area contributed by atoms with Gasteiger partial charge in [0.05, 0.1) is 22.2 Å². The normalized spacial score (nSPS) is 21.4. The molecule has 4 heterocycles. The van der Waals surface area contributed by atoms with E-state index in [9.17, 15) is 13.2 Å². The molecule has 0 bridgehead atoms. The Balaban J connectivity index is 1.22. The van der Waals surface area contributed by atoms with E-state index in [-0.39, 0.29) is 11.2 Å². The van der Waals surface area contributed by atoms with Gasteiger partial charge in [0, 0.05) is 51.4 Å². The zero-order chi connectivity index (χ0) is 27.7. The number of nitrogens with zero attached hydrogens (tertiary/aromatic N) is 5. The second kappa shape index (κ2) is 11.4. The third kappa shape index (κ3) is 5.75. The maximum atomic E-state index is 13.2. The fourth-order valence-corrected chi connectivity index (χ4v) is 7.89. The topological polar surface area (TPSA) is 86.7 Å². The van der Waals surface area contributed by atoms with Gasteiger partial charge < -0.3 is 9.80 Å². The van der Waals surface area contributed by atoms with Gasteiger partial charge in [0.1, 0.15) is 6.33 Å². The minimum atomic E-state index is -3.20. The Kier molecular flexibility index (Phi) is 8.10. The molecule has 2 atom stereocenters. The summed E-state index contributed by atoms with van der Waals surface area (Å²) in [6.07, 6.45) is 6.62. The molecule has 9 heteroatoms. The van der Waals surface area contributed by atoms with Gasteiger partial charge in [0.2, 0.25) is 10.0 Å². The van der Waals surface area contributed by atoms with Crippen LogP contribution >= 0.6 is 0 Å². The number of amides is 1. The molecule has 0 aliphatic carbocycles. The van der Waals surface area contributed by atoms with Gasteiger partial charge in [0.15, 0.2) is 0 Å². The van der Waals surface area contributed by atoms with Crippen molar-refractivity contribution in [2.45, 2.75) is 58.1 Å². The van der Waals surface area contributed by atoms with Gasteiger partial charge in [0.25, 0.3) is 5.91 Å². The summed E-state index contributed by atoms with van der Waals surface area (Å²) in [6, 6.07) is 10.7. The summed E-state index contributed by atoms with van der Waals surface area (Å²) in [4.78, 5) is 26.1. The van der Waals surface area contributed by atoms with E-state index in [0.717, 1.165) is 50.3 Å². The molecule has 0 N–H and O–H groups in total. The molecular weight excluding hydrogens is 510 g/mol. The molecule has 39 heavy (non-hydrogen) atoms. The van der Waals surface area contributed by atoms with E-state index in [4.69, 9.17) is 0 Å². The van der Waals surface area contributed by atoms with Crippen LogP contribution in [0.1, 0.15) is 66.3 Å². The maximum Gasteiger partial charge on any atom is 0.257 e. The van der Waals surface area contributed by atoms with Crippen molar-refractivity contribution >= 4 is 15.9 Å². The lowest BCUT2D eigenvalue weighted by molar-refractivity contribution is 0.0782. The summed E-state index contributed by atoms with van der Waals surface area (Å²) < 4.78 is 27.1. The van der Waals surface area contributed by atoms with E-state index in [1.807, 2.05) is 18.7 Å². The van der Waals surface area contributed by atoms with Crippen molar-refractivity contribution in [1.29, 1.82) is 0 Å². The molecule has 3 aliphatic rings. The molecule has 2 saturated heterocycles. The molecular formula is C30H41N5O3S.